The fourth-order valence-corrected chi connectivity index (χ4v) is 3.68. The molecule has 0 saturated carbocycles. The fourth-order valence-electron chi connectivity index (χ4n) is 3.68. The van der Waals surface area contributed by atoms with Crippen LogP contribution in [0.15, 0.2) is 65.3 Å². The van der Waals surface area contributed by atoms with Crippen molar-refractivity contribution in [1.29, 1.82) is 5.26 Å². The first-order valence-electron chi connectivity index (χ1n) is 10.8. The van der Waals surface area contributed by atoms with Crippen molar-refractivity contribution in [1.82, 2.24) is 0 Å². The topological polar surface area (TPSA) is 124 Å². The summed E-state index contributed by atoms with van der Waals surface area (Å²) in [5, 5.41) is 12.6. The molecule has 1 atom stereocenters. The molecular formula is C26H27N3O5. The van der Waals surface area contributed by atoms with Crippen molar-refractivity contribution in [3.05, 3.63) is 81.9 Å². The van der Waals surface area contributed by atoms with Crippen LogP contribution < -0.4 is 15.8 Å². The fraction of sp³-hybridized carbons (Fsp3) is 0.269. The first-order valence-corrected chi connectivity index (χ1v) is 10.8. The Hall–Kier alpha value is -4.25. The molecule has 34 heavy (non-hydrogen) atoms. The van der Waals surface area contributed by atoms with Crippen LogP contribution in [0.2, 0.25) is 0 Å². The number of nitrogens with one attached hydrogen (secondary N) is 1. The van der Waals surface area contributed by atoms with E-state index in [0.29, 0.717) is 11.3 Å². The maximum Gasteiger partial charge on any atom is 0.338 e. The Kier molecular flexibility index (Phi) is 7.59. The molecule has 0 bridgehead atoms. The van der Waals surface area contributed by atoms with Gasteiger partial charge in [-0.15, -0.1) is 0 Å². The Labute approximate surface area is 198 Å². The number of allylic oxidation sites excluding steroid dienone is 2. The zero-order valence-electron chi connectivity index (χ0n) is 19.6. The van der Waals surface area contributed by atoms with Gasteiger partial charge in [-0.25, -0.2) is 4.79 Å². The van der Waals surface area contributed by atoms with E-state index in [9.17, 15) is 14.9 Å². The third kappa shape index (κ3) is 5.38. The zero-order chi connectivity index (χ0) is 24.8. The van der Waals surface area contributed by atoms with Crippen LogP contribution in [0.5, 0.6) is 5.75 Å². The summed E-state index contributed by atoms with van der Waals surface area (Å²) in [5.74, 6) is -1.10. The number of nitrogens with two attached hydrogens (primary N) is 1. The molecule has 1 aliphatic heterocycles. The van der Waals surface area contributed by atoms with Crippen molar-refractivity contribution in [2.75, 3.05) is 18.5 Å². The monoisotopic (exact) mass is 461 g/mol. The summed E-state index contributed by atoms with van der Waals surface area (Å²) in [6.45, 7) is 7.11. The van der Waals surface area contributed by atoms with E-state index >= 15 is 0 Å². The van der Waals surface area contributed by atoms with Crippen molar-refractivity contribution in [2.24, 2.45) is 5.73 Å². The van der Waals surface area contributed by atoms with Crippen LogP contribution in [0, 0.1) is 25.2 Å². The maximum absolute atomic E-state index is 12.7. The van der Waals surface area contributed by atoms with Gasteiger partial charge in [-0.05, 0) is 62.6 Å². The number of carbonyl (C=O) groups excluding carboxylic acids is 2. The van der Waals surface area contributed by atoms with Gasteiger partial charge in [0.15, 0.2) is 6.61 Å². The number of ether oxygens (including phenoxy) is 3. The predicted molar refractivity (Wildman–Crippen MR) is 126 cm³/mol. The zero-order valence-corrected chi connectivity index (χ0v) is 19.6. The first-order chi connectivity index (χ1) is 16.2. The molecular weight excluding hydrogens is 434 g/mol. The van der Waals surface area contributed by atoms with E-state index in [2.05, 4.69) is 5.32 Å². The molecule has 2 aromatic rings. The van der Waals surface area contributed by atoms with Gasteiger partial charge >= 0.3 is 5.97 Å². The van der Waals surface area contributed by atoms with E-state index < -0.39 is 11.9 Å². The number of aryl methyl sites for hydroxylation is 2. The lowest BCUT2D eigenvalue weighted by atomic mass is 9.83. The summed E-state index contributed by atoms with van der Waals surface area (Å²) < 4.78 is 16.3. The number of anilines is 1. The van der Waals surface area contributed by atoms with Crippen LogP contribution in [-0.4, -0.2) is 25.1 Å². The smallest absolute Gasteiger partial charge is 0.338 e. The van der Waals surface area contributed by atoms with Gasteiger partial charge in [0.25, 0.3) is 5.91 Å². The number of nitrogens with zero attached hydrogens (tertiary/aromatic N) is 1. The van der Waals surface area contributed by atoms with E-state index in [1.165, 1.54) is 0 Å². The highest BCUT2D eigenvalue weighted by Gasteiger charge is 2.36. The lowest BCUT2D eigenvalue weighted by Crippen LogP contribution is -2.25. The molecule has 1 aliphatic rings. The van der Waals surface area contributed by atoms with Gasteiger partial charge in [0, 0.05) is 5.69 Å². The normalized spacial score (nSPS) is 15.3. The van der Waals surface area contributed by atoms with Gasteiger partial charge in [0.1, 0.15) is 23.2 Å². The average molecular weight is 462 g/mol. The number of rotatable bonds is 7. The van der Waals surface area contributed by atoms with E-state index in [1.807, 2.05) is 38.1 Å². The molecule has 0 radical (unpaired) electrons. The second kappa shape index (κ2) is 10.6. The van der Waals surface area contributed by atoms with Crippen LogP contribution in [0.4, 0.5) is 5.69 Å². The minimum Gasteiger partial charge on any atom is -0.484 e. The third-order valence-electron chi connectivity index (χ3n) is 5.33. The van der Waals surface area contributed by atoms with E-state index in [1.54, 1.807) is 38.1 Å². The minimum atomic E-state index is -0.787. The Morgan fingerprint density at radius 1 is 1.18 bits per heavy atom. The number of esters is 1. The molecule has 0 fully saturated rings. The average Bonchev–Trinajstić information content (AvgIpc) is 2.80. The highest BCUT2D eigenvalue weighted by Crippen LogP contribution is 2.40. The van der Waals surface area contributed by atoms with Crippen LogP contribution in [0.1, 0.15) is 36.5 Å². The largest absolute Gasteiger partial charge is 0.484 e. The van der Waals surface area contributed by atoms with Crippen LogP contribution >= 0.6 is 0 Å². The highest BCUT2D eigenvalue weighted by molar-refractivity contribution is 5.93. The SMILES string of the molecule is CCOC(=O)C1=C(C)OC(N)=C(C#N)C1c1cccc(OCC(=O)Nc2cc(C)ccc2C)c1. The molecule has 176 valence electrons. The number of nitriles is 1. The van der Waals surface area contributed by atoms with E-state index in [0.717, 1.165) is 16.8 Å². The highest BCUT2D eigenvalue weighted by atomic mass is 16.5. The maximum atomic E-state index is 12.7. The van der Waals surface area contributed by atoms with Gasteiger partial charge in [-0.3, -0.25) is 4.79 Å². The van der Waals surface area contributed by atoms with Crippen molar-refractivity contribution < 1.29 is 23.8 Å². The van der Waals surface area contributed by atoms with Gasteiger partial charge in [0.2, 0.25) is 5.88 Å². The Balaban J connectivity index is 1.83. The van der Waals surface area contributed by atoms with Crippen LogP contribution in [-0.2, 0) is 19.1 Å². The molecule has 8 heteroatoms. The lowest BCUT2D eigenvalue weighted by Gasteiger charge is -2.27. The lowest BCUT2D eigenvalue weighted by molar-refractivity contribution is -0.139. The Bertz CT molecular complexity index is 1220. The van der Waals surface area contributed by atoms with Gasteiger partial charge in [-0.1, -0.05) is 24.3 Å². The number of hydrogen-bond acceptors (Lipinski definition) is 7. The first kappa shape index (κ1) is 24.4. The van der Waals surface area contributed by atoms with E-state index in [-0.39, 0.29) is 41.9 Å². The number of carbonyl (C=O) groups is 2. The second-order valence-electron chi connectivity index (χ2n) is 7.84. The quantitative estimate of drug-likeness (QED) is 0.598. The molecule has 0 spiro atoms. The standard InChI is InChI=1S/C26H27N3O5/c1-5-32-26(31)23-17(4)34-25(28)20(13-27)24(23)18-7-6-8-19(12-18)33-14-22(30)29-21-11-15(2)9-10-16(21)3/h6-12,24H,5,14,28H2,1-4H3,(H,29,30). The third-order valence-corrected chi connectivity index (χ3v) is 5.33. The summed E-state index contributed by atoms with van der Waals surface area (Å²) in [4.78, 5) is 25.1. The van der Waals surface area contributed by atoms with Crippen LogP contribution in [0.3, 0.4) is 0 Å². The van der Waals surface area contributed by atoms with Gasteiger partial charge < -0.3 is 25.3 Å². The molecule has 0 aromatic heterocycles. The summed E-state index contributed by atoms with van der Waals surface area (Å²) in [6, 6.07) is 14.7. The van der Waals surface area contributed by atoms with E-state index in [4.69, 9.17) is 19.9 Å². The molecule has 1 unspecified atom stereocenters. The molecule has 3 N–H and O–H groups in total. The van der Waals surface area contributed by atoms with Crippen molar-refractivity contribution in [2.45, 2.75) is 33.6 Å². The summed E-state index contributed by atoms with van der Waals surface area (Å²) >= 11 is 0. The molecule has 0 aliphatic carbocycles. The van der Waals surface area contributed by atoms with Crippen molar-refractivity contribution in [3.63, 3.8) is 0 Å². The molecule has 0 saturated heterocycles. The number of hydrogen-bond donors (Lipinski definition) is 2. The van der Waals surface area contributed by atoms with Crippen molar-refractivity contribution in [3.8, 4) is 11.8 Å². The number of benzene rings is 2. The molecule has 1 amide bonds. The molecule has 1 heterocycles. The second-order valence-corrected chi connectivity index (χ2v) is 7.84. The molecule has 8 nitrogen and oxygen atoms in total. The Morgan fingerprint density at radius 2 is 1.94 bits per heavy atom. The minimum absolute atomic E-state index is 0.0720. The van der Waals surface area contributed by atoms with Gasteiger partial charge in [0.05, 0.1) is 18.1 Å². The molecule has 3 rings (SSSR count). The predicted octanol–water partition coefficient (Wildman–Crippen LogP) is 3.97. The van der Waals surface area contributed by atoms with Crippen LogP contribution in [0.25, 0.3) is 0 Å². The summed E-state index contributed by atoms with van der Waals surface area (Å²) in [7, 11) is 0. The summed E-state index contributed by atoms with van der Waals surface area (Å²) in [5.41, 5.74) is 9.52. The number of amides is 1. The van der Waals surface area contributed by atoms with Crippen molar-refractivity contribution >= 4 is 17.6 Å². The molecule has 2 aromatic carbocycles. The summed E-state index contributed by atoms with van der Waals surface area (Å²) in [6.07, 6.45) is 0. The Morgan fingerprint density at radius 3 is 2.65 bits per heavy atom. The van der Waals surface area contributed by atoms with Gasteiger partial charge in [-0.2, -0.15) is 5.26 Å².